The summed E-state index contributed by atoms with van der Waals surface area (Å²) in [5.74, 6) is -0.779. The molecule has 2 N–H and O–H groups in total. The van der Waals surface area contributed by atoms with Gasteiger partial charge in [0.15, 0.2) is 5.78 Å². The fourth-order valence-corrected chi connectivity index (χ4v) is 2.88. The van der Waals surface area contributed by atoms with Gasteiger partial charge in [-0.25, -0.2) is 0 Å². The minimum absolute atomic E-state index is 0.0389. The summed E-state index contributed by atoms with van der Waals surface area (Å²) in [7, 11) is 0. The van der Waals surface area contributed by atoms with Gasteiger partial charge in [0.2, 0.25) is 5.78 Å². The Kier molecular flexibility index (Phi) is 6.15. The molecule has 0 atom stereocenters. The lowest BCUT2D eigenvalue weighted by atomic mass is 10.0. The number of anilines is 1. The average molecular weight is 406 g/mol. The Hall–Kier alpha value is -3.37. The molecule has 0 aliphatic rings. The van der Waals surface area contributed by atoms with E-state index in [0.717, 1.165) is 11.1 Å². The van der Waals surface area contributed by atoms with Crippen molar-refractivity contribution in [2.45, 2.75) is 13.8 Å². The highest BCUT2D eigenvalue weighted by molar-refractivity contribution is 6.31. The lowest BCUT2D eigenvalue weighted by Gasteiger charge is -2.12. The SMILES string of the molecule is Cc1ccc(C(=O)/C=C(\Nc2cc(Cl)ccc2O)C(=O)c2ccc(C)cc2)cc1. The highest BCUT2D eigenvalue weighted by Gasteiger charge is 2.17. The first-order valence-corrected chi connectivity index (χ1v) is 9.41. The van der Waals surface area contributed by atoms with E-state index >= 15 is 0 Å². The number of hydrogen-bond acceptors (Lipinski definition) is 4. The molecule has 0 aliphatic carbocycles. The van der Waals surface area contributed by atoms with E-state index in [1.807, 2.05) is 38.1 Å². The monoisotopic (exact) mass is 405 g/mol. The number of phenols is 1. The highest BCUT2D eigenvalue weighted by atomic mass is 35.5. The number of nitrogens with one attached hydrogen (secondary N) is 1. The van der Waals surface area contributed by atoms with E-state index in [2.05, 4.69) is 5.32 Å². The fourth-order valence-electron chi connectivity index (χ4n) is 2.70. The molecule has 3 rings (SSSR count). The van der Waals surface area contributed by atoms with Crippen LogP contribution in [0.3, 0.4) is 0 Å². The van der Waals surface area contributed by atoms with Crippen LogP contribution in [0.1, 0.15) is 31.8 Å². The molecule has 0 radical (unpaired) electrons. The summed E-state index contributed by atoms with van der Waals surface area (Å²) in [6, 6.07) is 18.6. The van der Waals surface area contributed by atoms with Gasteiger partial charge in [-0.05, 0) is 32.0 Å². The molecular formula is C24H20ClNO3. The number of allylic oxidation sites excluding steroid dienone is 2. The summed E-state index contributed by atoms with van der Waals surface area (Å²) in [4.78, 5) is 25.8. The molecule has 0 amide bonds. The zero-order valence-corrected chi connectivity index (χ0v) is 16.8. The molecule has 146 valence electrons. The highest BCUT2D eigenvalue weighted by Crippen LogP contribution is 2.28. The Labute approximate surface area is 174 Å². The number of carbonyl (C=O) groups is 2. The molecule has 4 nitrogen and oxygen atoms in total. The standard InChI is InChI=1S/C24H20ClNO3/c1-15-3-7-17(8-4-15)23(28)14-21(24(29)18-9-5-16(2)6-10-18)26-20-13-19(25)11-12-22(20)27/h3-14,26-27H,1-2H3/b21-14-. The van der Waals surface area contributed by atoms with Gasteiger partial charge in [0.1, 0.15) is 5.75 Å². The van der Waals surface area contributed by atoms with Crippen LogP contribution in [-0.2, 0) is 0 Å². The number of aromatic hydroxyl groups is 1. The summed E-state index contributed by atoms with van der Waals surface area (Å²) in [5.41, 5.74) is 3.21. The largest absolute Gasteiger partial charge is 0.506 e. The van der Waals surface area contributed by atoms with Gasteiger partial charge in [-0.3, -0.25) is 9.59 Å². The Morgan fingerprint density at radius 3 is 2.00 bits per heavy atom. The van der Waals surface area contributed by atoms with Gasteiger partial charge in [0, 0.05) is 22.2 Å². The van der Waals surface area contributed by atoms with Crippen LogP contribution in [-0.4, -0.2) is 16.7 Å². The van der Waals surface area contributed by atoms with Crippen LogP contribution in [0, 0.1) is 13.8 Å². The van der Waals surface area contributed by atoms with Gasteiger partial charge in [-0.15, -0.1) is 0 Å². The normalized spacial score (nSPS) is 11.2. The van der Waals surface area contributed by atoms with Crippen molar-refractivity contribution in [3.05, 3.63) is 106 Å². The number of rotatable bonds is 6. The van der Waals surface area contributed by atoms with Crippen LogP contribution >= 0.6 is 11.6 Å². The van der Waals surface area contributed by atoms with E-state index < -0.39 is 0 Å². The predicted molar refractivity (Wildman–Crippen MR) is 116 cm³/mol. The van der Waals surface area contributed by atoms with E-state index in [4.69, 9.17) is 11.6 Å². The van der Waals surface area contributed by atoms with Crippen molar-refractivity contribution in [1.82, 2.24) is 0 Å². The molecular weight excluding hydrogens is 386 g/mol. The second-order valence-electron chi connectivity index (χ2n) is 6.77. The molecule has 0 spiro atoms. The maximum absolute atomic E-state index is 13.1. The van der Waals surface area contributed by atoms with Crippen LogP contribution in [0.4, 0.5) is 5.69 Å². The summed E-state index contributed by atoms with van der Waals surface area (Å²) in [6.45, 7) is 3.86. The van der Waals surface area contributed by atoms with E-state index in [1.54, 1.807) is 24.3 Å². The maximum atomic E-state index is 13.1. The zero-order valence-electron chi connectivity index (χ0n) is 16.1. The molecule has 0 fully saturated rings. The first kappa shape index (κ1) is 20.4. The lowest BCUT2D eigenvalue weighted by molar-refractivity contribution is 0.101. The van der Waals surface area contributed by atoms with Crippen LogP contribution in [0.5, 0.6) is 5.75 Å². The molecule has 0 aliphatic heterocycles. The Bertz CT molecular complexity index is 1080. The van der Waals surface area contributed by atoms with Gasteiger partial charge in [0.25, 0.3) is 0 Å². The van der Waals surface area contributed by atoms with Gasteiger partial charge in [-0.1, -0.05) is 71.3 Å². The number of aryl methyl sites for hydroxylation is 2. The first-order chi connectivity index (χ1) is 13.8. The third-order valence-electron chi connectivity index (χ3n) is 4.40. The molecule has 0 saturated heterocycles. The first-order valence-electron chi connectivity index (χ1n) is 9.03. The van der Waals surface area contributed by atoms with Gasteiger partial charge >= 0.3 is 0 Å². The topological polar surface area (TPSA) is 66.4 Å². The Morgan fingerprint density at radius 1 is 0.862 bits per heavy atom. The molecule has 29 heavy (non-hydrogen) atoms. The zero-order chi connectivity index (χ0) is 21.0. The second kappa shape index (κ2) is 8.76. The van der Waals surface area contributed by atoms with Crippen molar-refractivity contribution < 1.29 is 14.7 Å². The van der Waals surface area contributed by atoms with Gasteiger partial charge < -0.3 is 10.4 Å². The van der Waals surface area contributed by atoms with Crippen LogP contribution < -0.4 is 5.32 Å². The summed E-state index contributed by atoms with van der Waals surface area (Å²) < 4.78 is 0. The van der Waals surface area contributed by atoms with Crippen molar-refractivity contribution in [3.8, 4) is 5.75 Å². The second-order valence-corrected chi connectivity index (χ2v) is 7.21. The van der Waals surface area contributed by atoms with E-state index in [-0.39, 0.29) is 28.7 Å². The predicted octanol–water partition coefficient (Wildman–Crippen LogP) is 5.72. The molecule has 0 heterocycles. The molecule has 0 saturated carbocycles. The van der Waals surface area contributed by atoms with E-state index in [9.17, 15) is 14.7 Å². The number of phenolic OH excluding ortho intramolecular Hbond substituents is 1. The van der Waals surface area contributed by atoms with Gasteiger partial charge in [-0.2, -0.15) is 0 Å². The number of halogens is 1. The number of Topliss-reactive ketones (excluding diaryl/α,β-unsaturated/α-hetero) is 1. The van der Waals surface area contributed by atoms with Crippen molar-refractivity contribution in [3.63, 3.8) is 0 Å². The Balaban J connectivity index is 2.01. The smallest absolute Gasteiger partial charge is 0.209 e. The quantitative estimate of drug-likeness (QED) is 0.312. The third kappa shape index (κ3) is 5.12. The lowest BCUT2D eigenvalue weighted by Crippen LogP contribution is -2.14. The average Bonchev–Trinajstić information content (AvgIpc) is 2.70. The number of carbonyl (C=O) groups excluding carboxylic acids is 2. The maximum Gasteiger partial charge on any atom is 0.209 e. The number of ketones is 2. The Morgan fingerprint density at radius 2 is 1.41 bits per heavy atom. The fraction of sp³-hybridized carbons (Fsp3) is 0.0833. The van der Waals surface area contributed by atoms with Gasteiger partial charge in [0.05, 0.1) is 11.4 Å². The summed E-state index contributed by atoms with van der Waals surface area (Å²) in [5, 5.41) is 13.4. The summed E-state index contributed by atoms with van der Waals surface area (Å²) >= 11 is 6.01. The van der Waals surface area contributed by atoms with Crippen LogP contribution in [0.25, 0.3) is 0 Å². The minimum Gasteiger partial charge on any atom is -0.506 e. The van der Waals surface area contributed by atoms with Crippen molar-refractivity contribution >= 4 is 28.9 Å². The minimum atomic E-state index is -0.371. The molecule has 3 aromatic rings. The third-order valence-corrected chi connectivity index (χ3v) is 4.63. The van der Waals surface area contributed by atoms with Crippen LogP contribution in [0.15, 0.2) is 78.5 Å². The molecule has 0 bridgehead atoms. The number of benzene rings is 3. The number of hydrogen-bond donors (Lipinski definition) is 2. The van der Waals surface area contributed by atoms with Crippen LogP contribution in [0.2, 0.25) is 5.02 Å². The van der Waals surface area contributed by atoms with Crippen molar-refractivity contribution in [1.29, 1.82) is 0 Å². The van der Waals surface area contributed by atoms with E-state index in [1.165, 1.54) is 24.3 Å². The molecule has 0 unspecified atom stereocenters. The van der Waals surface area contributed by atoms with Crippen molar-refractivity contribution in [2.24, 2.45) is 0 Å². The van der Waals surface area contributed by atoms with Crippen molar-refractivity contribution in [2.75, 3.05) is 5.32 Å². The molecule has 5 heteroatoms. The molecule has 3 aromatic carbocycles. The molecule has 0 aromatic heterocycles. The summed E-state index contributed by atoms with van der Waals surface area (Å²) in [6.07, 6.45) is 1.24. The van der Waals surface area contributed by atoms with E-state index in [0.29, 0.717) is 16.1 Å².